The van der Waals surface area contributed by atoms with Crippen LogP contribution in [0.4, 0.5) is 0 Å². The van der Waals surface area contributed by atoms with Crippen LogP contribution in [0.5, 0.6) is 0 Å². The second-order valence-corrected chi connectivity index (χ2v) is 10.2. The number of hydrogen-bond donors (Lipinski definition) is 0. The van der Waals surface area contributed by atoms with Crippen molar-refractivity contribution in [3.05, 3.63) is 80.7 Å². The van der Waals surface area contributed by atoms with Crippen molar-refractivity contribution in [3.63, 3.8) is 0 Å². The standard InChI is InChI=1S/C22H20ClNO5S/c1-14-6-7-17-19(25)11-21(29-20(17)10-14)22(26)24(16-8-9-30(27,28)13-16)12-15-4-2-3-5-18(15)23/h2-7,10-11,16H,8-9,12-13H2,1H3/t16-/m0/s1. The Bertz CT molecular complexity index is 1300. The number of amides is 1. The van der Waals surface area contributed by atoms with E-state index in [2.05, 4.69) is 0 Å². The summed E-state index contributed by atoms with van der Waals surface area (Å²) >= 11 is 6.27. The Balaban J connectivity index is 1.76. The van der Waals surface area contributed by atoms with Crippen LogP contribution in [-0.4, -0.2) is 36.8 Å². The summed E-state index contributed by atoms with van der Waals surface area (Å²) in [5.74, 6) is -0.753. The normalized spacial score (nSPS) is 17.9. The van der Waals surface area contributed by atoms with Crippen LogP contribution < -0.4 is 5.43 Å². The Morgan fingerprint density at radius 2 is 1.97 bits per heavy atom. The van der Waals surface area contributed by atoms with Crippen molar-refractivity contribution in [2.75, 3.05) is 11.5 Å². The lowest BCUT2D eigenvalue weighted by Crippen LogP contribution is -2.41. The van der Waals surface area contributed by atoms with Gasteiger partial charge in [0.1, 0.15) is 5.58 Å². The van der Waals surface area contributed by atoms with Gasteiger partial charge in [0.15, 0.2) is 21.0 Å². The average Bonchev–Trinajstić information content (AvgIpc) is 3.06. The van der Waals surface area contributed by atoms with Gasteiger partial charge in [0.2, 0.25) is 0 Å². The summed E-state index contributed by atoms with van der Waals surface area (Å²) in [6.45, 7) is 1.98. The van der Waals surface area contributed by atoms with Gasteiger partial charge < -0.3 is 9.32 Å². The molecule has 0 spiro atoms. The molecule has 1 saturated heterocycles. The van der Waals surface area contributed by atoms with E-state index >= 15 is 0 Å². The molecule has 1 aliphatic heterocycles. The van der Waals surface area contributed by atoms with Crippen molar-refractivity contribution in [2.45, 2.75) is 25.9 Å². The summed E-state index contributed by atoms with van der Waals surface area (Å²) < 4.78 is 29.9. The third kappa shape index (κ3) is 4.13. The largest absolute Gasteiger partial charge is 0.451 e. The summed E-state index contributed by atoms with van der Waals surface area (Å²) in [5.41, 5.74) is 1.58. The molecule has 1 aliphatic rings. The van der Waals surface area contributed by atoms with Crippen molar-refractivity contribution >= 4 is 38.3 Å². The molecule has 0 unspecified atom stereocenters. The molecule has 3 aromatic rings. The highest BCUT2D eigenvalue weighted by molar-refractivity contribution is 7.91. The van der Waals surface area contributed by atoms with Crippen LogP contribution in [-0.2, 0) is 16.4 Å². The van der Waals surface area contributed by atoms with Gasteiger partial charge in [-0.25, -0.2) is 8.42 Å². The quantitative estimate of drug-likeness (QED) is 0.612. The van der Waals surface area contributed by atoms with E-state index in [0.717, 1.165) is 5.56 Å². The van der Waals surface area contributed by atoms with Crippen LogP contribution in [0.3, 0.4) is 0 Å². The van der Waals surface area contributed by atoms with Crippen molar-refractivity contribution in [3.8, 4) is 0 Å². The fraction of sp³-hybridized carbons (Fsp3) is 0.273. The smallest absolute Gasteiger partial charge is 0.290 e. The predicted octanol–water partition coefficient (Wildman–Crippen LogP) is 3.58. The molecule has 1 atom stereocenters. The van der Waals surface area contributed by atoms with E-state index in [9.17, 15) is 18.0 Å². The molecule has 2 aromatic carbocycles. The first-order chi connectivity index (χ1) is 14.2. The third-order valence-electron chi connectivity index (χ3n) is 5.30. The molecule has 0 saturated carbocycles. The van der Waals surface area contributed by atoms with E-state index in [-0.39, 0.29) is 29.2 Å². The second-order valence-electron chi connectivity index (χ2n) is 7.56. The molecule has 6 nitrogen and oxygen atoms in total. The van der Waals surface area contributed by atoms with Crippen LogP contribution in [0.25, 0.3) is 11.0 Å². The van der Waals surface area contributed by atoms with Crippen molar-refractivity contribution in [2.24, 2.45) is 0 Å². The van der Waals surface area contributed by atoms with Crippen LogP contribution in [0.15, 0.2) is 57.7 Å². The molecule has 0 aliphatic carbocycles. The lowest BCUT2D eigenvalue weighted by molar-refractivity contribution is 0.0648. The van der Waals surface area contributed by atoms with Gasteiger partial charge in [0, 0.05) is 23.7 Å². The van der Waals surface area contributed by atoms with Crippen LogP contribution >= 0.6 is 11.6 Å². The minimum Gasteiger partial charge on any atom is -0.451 e. The maximum atomic E-state index is 13.4. The van der Waals surface area contributed by atoms with Crippen molar-refractivity contribution < 1.29 is 17.6 Å². The maximum Gasteiger partial charge on any atom is 0.290 e. The zero-order valence-electron chi connectivity index (χ0n) is 16.3. The number of benzene rings is 2. The zero-order chi connectivity index (χ0) is 21.5. The first-order valence-electron chi connectivity index (χ1n) is 9.53. The van der Waals surface area contributed by atoms with E-state index < -0.39 is 21.8 Å². The summed E-state index contributed by atoms with van der Waals surface area (Å²) in [5, 5.41) is 0.866. The number of sulfone groups is 1. The number of nitrogens with zero attached hydrogens (tertiary/aromatic N) is 1. The van der Waals surface area contributed by atoms with E-state index in [4.69, 9.17) is 16.0 Å². The average molecular weight is 446 g/mol. The number of halogens is 1. The summed E-state index contributed by atoms with van der Waals surface area (Å²) in [6, 6.07) is 12.9. The molecule has 2 heterocycles. The Morgan fingerprint density at radius 3 is 2.67 bits per heavy atom. The van der Waals surface area contributed by atoms with Gasteiger partial charge >= 0.3 is 0 Å². The van der Waals surface area contributed by atoms with Crippen LogP contribution in [0.2, 0.25) is 5.02 Å². The predicted molar refractivity (Wildman–Crippen MR) is 116 cm³/mol. The molecule has 8 heteroatoms. The van der Waals surface area contributed by atoms with Crippen molar-refractivity contribution in [1.29, 1.82) is 0 Å². The fourth-order valence-electron chi connectivity index (χ4n) is 3.71. The number of rotatable bonds is 4. The molecule has 1 aromatic heterocycles. The van der Waals surface area contributed by atoms with Gasteiger partial charge in [-0.3, -0.25) is 9.59 Å². The van der Waals surface area contributed by atoms with Gasteiger partial charge in [0.25, 0.3) is 5.91 Å². The van der Waals surface area contributed by atoms with Gasteiger partial charge in [-0.1, -0.05) is 35.9 Å². The van der Waals surface area contributed by atoms with Gasteiger partial charge in [-0.15, -0.1) is 0 Å². The lowest BCUT2D eigenvalue weighted by atomic mass is 10.1. The molecule has 0 N–H and O–H groups in total. The first kappa shape index (κ1) is 20.6. The molecule has 1 amide bonds. The Morgan fingerprint density at radius 1 is 1.20 bits per heavy atom. The number of aryl methyl sites for hydroxylation is 1. The first-order valence-corrected chi connectivity index (χ1v) is 11.7. The number of carbonyl (C=O) groups excluding carboxylic acids is 1. The lowest BCUT2D eigenvalue weighted by Gasteiger charge is -2.28. The van der Waals surface area contributed by atoms with Crippen molar-refractivity contribution in [1.82, 2.24) is 4.90 Å². The van der Waals surface area contributed by atoms with Crippen LogP contribution in [0, 0.1) is 6.92 Å². The molecule has 4 rings (SSSR count). The van der Waals surface area contributed by atoms with Gasteiger partial charge in [0.05, 0.1) is 16.9 Å². The topological polar surface area (TPSA) is 84.7 Å². The van der Waals surface area contributed by atoms with E-state index in [1.54, 1.807) is 42.5 Å². The molecular weight excluding hydrogens is 426 g/mol. The van der Waals surface area contributed by atoms with E-state index in [1.165, 1.54) is 11.0 Å². The zero-order valence-corrected chi connectivity index (χ0v) is 17.9. The Kier molecular flexibility index (Phi) is 5.42. The minimum absolute atomic E-state index is 0.0187. The molecule has 0 radical (unpaired) electrons. The van der Waals surface area contributed by atoms with Crippen LogP contribution in [0.1, 0.15) is 28.1 Å². The van der Waals surface area contributed by atoms with E-state index in [0.29, 0.717) is 28.0 Å². The highest BCUT2D eigenvalue weighted by Crippen LogP contribution is 2.25. The van der Waals surface area contributed by atoms with E-state index in [1.807, 2.05) is 6.92 Å². The Hall–Kier alpha value is -2.64. The second kappa shape index (κ2) is 7.89. The maximum absolute atomic E-state index is 13.4. The molecular formula is C22H20ClNO5S. The van der Waals surface area contributed by atoms with Gasteiger partial charge in [-0.05, 0) is 42.7 Å². The van der Waals surface area contributed by atoms with Gasteiger partial charge in [-0.2, -0.15) is 0 Å². The monoisotopic (exact) mass is 445 g/mol. The minimum atomic E-state index is -3.23. The summed E-state index contributed by atoms with van der Waals surface area (Å²) in [4.78, 5) is 27.4. The molecule has 0 bridgehead atoms. The molecule has 30 heavy (non-hydrogen) atoms. The number of hydrogen-bond acceptors (Lipinski definition) is 5. The highest BCUT2D eigenvalue weighted by Gasteiger charge is 2.36. The Labute approximate surface area is 179 Å². The molecule has 1 fully saturated rings. The summed E-state index contributed by atoms with van der Waals surface area (Å²) in [7, 11) is -3.23. The highest BCUT2D eigenvalue weighted by atomic mass is 35.5. The molecule has 156 valence electrons. The number of fused-ring (bicyclic) bond motifs is 1. The SMILES string of the molecule is Cc1ccc2c(=O)cc(C(=O)N(Cc3ccccc3Cl)[C@H]3CCS(=O)(=O)C3)oc2c1. The third-order valence-corrected chi connectivity index (χ3v) is 7.42. The fourth-order valence-corrected chi connectivity index (χ4v) is 5.63. The summed E-state index contributed by atoms with van der Waals surface area (Å²) in [6.07, 6.45) is 0.329. The number of carbonyl (C=O) groups is 1.